The number of halogens is 3. The molecule has 5 heteroatoms. The molecule has 0 radical (unpaired) electrons. The molecule has 1 N–H and O–H groups in total. The fraction of sp³-hybridized carbons (Fsp3) is 1.00. The first kappa shape index (κ1) is 10.8. The van der Waals surface area contributed by atoms with E-state index in [-0.39, 0.29) is 12.5 Å². The van der Waals surface area contributed by atoms with Gasteiger partial charge in [0.25, 0.3) is 6.43 Å². The molecule has 0 aliphatic carbocycles. The molecule has 0 saturated carbocycles. The Kier molecular flexibility index (Phi) is 3.55. The summed E-state index contributed by atoms with van der Waals surface area (Å²) in [7, 11) is 0. The minimum absolute atomic E-state index is 0.204. The van der Waals surface area contributed by atoms with Gasteiger partial charge in [-0.2, -0.15) is 0 Å². The Morgan fingerprint density at radius 1 is 1.62 bits per heavy atom. The molecular formula is C8H14F3NO. The molecule has 0 aromatic rings. The van der Waals surface area contributed by atoms with Gasteiger partial charge >= 0.3 is 0 Å². The third-order valence-electron chi connectivity index (χ3n) is 2.10. The second kappa shape index (κ2) is 4.28. The van der Waals surface area contributed by atoms with Gasteiger partial charge in [-0.05, 0) is 6.92 Å². The van der Waals surface area contributed by atoms with Crippen LogP contribution in [-0.4, -0.2) is 37.9 Å². The molecule has 1 fully saturated rings. The van der Waals surface area contributed by atoms with Gasteiger partial charge in [0.2, 0.25) is 0 Å². The minimum Gasteiger partial charge on any atom is -0.379 e. The molecule has 0 aromatic heterocycles. The van der Waals surface area contributed by atoms with Crippen LogP contribution < -0.4 is 5.32 Å². The summed E-state index contributed by atoms with van der Waals surface area (Å²) in [6, 6.07) is -0.294. The summed E-state index contributed by atoms with van der Waals surface area (Å²) < 4.78 is 42.4. The lowest BCUT2D eigenvalue weighted by Crippen LogP contribution is -2.46. The van der Waals surface area contributed by atoms with Gasteiger partial charge in [0.15, 0.2) is 5.67 Å². The van der Waals surface area contributed by atoms with Crippen LogP contribution in [-0.2, 0) is 4.74 Å². The van der Waals surface area contributed by atoms with E-state index in [0.29, 0.717) is 19.8 Å². The van der Waals surface area contributed by atoms with Crippen LogP contribution in [0.15, 0.2) is 0 Å². The van der Waals surface area contributed by atoms with Gasteiger partial charge in [0, 0.05) is 19.0 Å². The average molecular weight is 197 g/mol. The van der Waals surface area contributed by atoms with Crippen LogP contribution in [0.3, 0.4) is 0 Å². The van der Waals surface area contributed by atoms with E-state index < -0.39 is 12.1 Å². The van der Waals surface area contributed by atoms with E-state index in [1.165, 1.54) is 0 Å². The maximum Gasteiger partial charge on any atom is 0.271 e. The Morgan fingerprint density at radius 3 is 2.77 bits per heavy atom. The van der Waals surface area contributed by atoms with Crippen LogP contribution in [0.1, 0.15) is 13.3 Å². The Bertz CT molecular complexity index is 157. The van der Waals surface area contributed by atoms with Crippen LogP contribution in [0, 0.1) is 0 Å². The number of ether oxygens (including phenoxy) is 1. The van der Waals surface area contributed by atoms with Crippen LogP contribution in [0.25, 0.3) is 0 Å². The summed E-state index contributed by atoms with van der Waals surface area (Å²) in [6.07, 6.45) is -3.14. The Morgan fingerprint density at radius 2 is 2.31 bits per heavy atom. The Balaban J connectivity index is 2.37. The van der Waals surface area contributed by atoms with E-state index in [1.807, 2.05) is 0 Å². The molecule has 2 nitrogen and oxygen atoms in total. The van der Waals surface area contributed by atoms with Crippen molar-refractivity contribution in [2.24, 2.45) is 0 Å². The predicted octanol–water partition coefficient (Wildman–Crippen LogP) is 1.36. The van der Waals surface area contributed by atoms with Crippen LogP contribution in [0.4, 0.5) is 13.2 Å². The summed E-state index contributed by atoms with van der Waals surface area (Å²) in [5.41, 5.74) is -2.42. The topological polar surface area (TPSA) is 21.3 Å². The molecule has 0 bridgehead atoms. The largest absolute Gasteiger partial charge is 0.379 e. The highest BCUT2D eigenvalue weighted by atomic mass is 19.3. The smallest absolute Gasteiger partial charge is 0.271 e. The van der Waals surface area contributed by atoms with Gasteiger partial charge < -0.3 is 10.1 Å². The maximum absolute atomic E-state index is 13.2. The normalized spacial score (nSPS) is 28.8. The standard InChI is InChI=1S/C8H14F3NO/c1-8(11,7(9)10)4-6-5-13-3-2-12-6/h6-7,12H,2-5H2,1H3. The molecule has 2 unspecified atom stereocenters. The zero-order valence-electron chi connectivity index (χ0n) is 7.53. The van der Waals surface area contributed by atoms with Crippen molar-refractivity contribution in [1.29, 1.82) is 0 Å². The first-order valence-electron chi connectivity index (χ1n) is 4.30. The van der Waals surface area contributed by atoms with Crippen molar-refractivity contribution in [3.05, 3.63) is 0 Å². The monoisotopic (exact) mass is 197 g/mol. The zero-order chi connectivity index (χ0) is 9.90. The molecule has 2 atom stereocenters. The van der Waals surface area contributed by atoms with Crippen molar-refractivity contribution in [2.75, 3.05) is 19.8 Å². The molecule has 1 heterocycles. The fourth-order valence-corrected chi connectivity index (χ4v) is 1.32. The minimum atomic E-state index is -2.93. The molecule has 13 heavy (non-hydrogen) atoms. The molecule has 0 spiro atoms. The number of nitrogens with one attached hydrogen (secondary N) is 1. The first-order valence-corrected chi connectivity index (χ1v) is 4.30. The molecular weight excluding hydrogens is 183 g/mol. The maximum atomic E-state index is 13.2. The number of hydrogen-bond acceptors (Lipinski definition) is 2. The van der Waals surface area contributed by atoms with Gasteiger partial charge in [0.1, 0.15) is 0 Å². The molecule has 1 saturated heterocycles. The number of hydrogen-bond donors (Lipinski definition) is 1. The third-order valence-corrected chi connectivity index (χ3v) is 2.10. The molecule has 0 amide bonds. The SMILES string of the molecule is CC(F)(CC1COCCN1)C(F)F. The number of morpholine rings is 1. The molecule has 1 aliphatic rings. The van der Waals surface area contributed by atoms with E-state index in [9.17, 15) is 13.2 Å². The van der Waals surface area contributed by atoms with Crippen LogP contribution >= 0.6 is 0 Å². The highest BCUT2D eigenvalue weighted by Crippen LogP contribution is 2.26. The summed E-state index contributed by atoms with van der Waals surface area (Å²) in [4.78, 5) is 0. The first-order chi connectivity index (χ1) is 6.02. The lowest BCUT2D eigenvalue weighted by Gasteiger charge is -2.29. The van der Waals surface area contributed by atoms with Crippen molar-refractivity contribution < 1.29 is 17.9 Å². The van der Waals surface area contributed by atoms with Crippen molar-refractivity contribution in [3.8, 4) is 0 Å². The van der Waals surface area contributed by atoms with Gasteiger partial charge in [0.05, 0.1) is 13.2 Å². The van der Waals surface area contributed by atoms with Gasteiger partial charge in [-0.15, -0.1) is 0 Å². The molecule has 0 aromatic carbocycles. The number of alkyl halides is 3. The van der Waals surface area contributed by atoms with Gasteiger partial charge in [-0.1, -0.05) is 0 Å². The zero-order valence-corrected chi connectivity index (χ0v) is 7.53. The van der Waals surface area contributed by atoms with Gasteiger partial charge in [-0.3, -0.25) is 0 Å². The molecule has 78 valence electrons. The van der Waals surface area contributed by atoms with E-state index >= 15 is 0 Å². The van der Waals surface area contributed by atoms with E-state index in [1.54, 1.807) is 0 Å². The third kappa shape index (κ3) is 3.15. The summed E-state index contributed by atoms with van der Waals surface area (Å²) in [5, 5.41) is 2.93. The van der Waals surface area contributed by atoms with Crippen LogP contribution in [0.2, 0.25) is 0 Å². The van der Waals surface area contributed by atoms with Crippen molar-refractivity contribution in [2.45, 2.75) is 31.5 Å². The van der Waals surface area contributed by atoms with E-state index in [2.05, 4.69) is 5.32 Å². The highest BCUT2D eigenvalue weighted by Gasteiger charge is 2.37. The van der Waals surface area contributed by atoms with Crippen molar-refractivity contribution in [1.82, 2.24) is 5.32 Å². The number of rotatable bonds is 3. The van der Waals surface area contributed by atoms with Crippen molar-refractivity contribution in [3.63, 3.8) is 0 Å². The summed E-state index contributed by atoms with van der Waals surface area (Å²) in [6.45, 7) is 2.40. The Labute approximate surface area is 75.4 Å². The van der Waals surface area contributed by atoms with Crippen molar-refractivity contribution >= 4 is 0 Å². The molecule has 1 aliphatic heterocycles. The van der Waals surface area contributed by atoms with E-state index in [4.69, 9.17) is 4.74 Å². The fourth-order valence-electron chi connectivity index (χ4n) is 1.32. The predicted molar refractivity (Wildman–Crippen MR) is 42.7 cm³/mol. The highest BCUT2D eigenvalue weighted by molar-refractivity contribution is 4.84. The quantitative estimate of drug-likeness (QED) is 0.737. The Hall–Kier alpha value is -0.290. The van der Waals surface area contributed by atoms with Gasteiger partial charge in [-0.25, -0.2) is 13.2 Å². The second-order valence-corrected chi connectivity index (χ2v) is 3.51. The summed E-state index contributed by atoms with van der Waals surface area (Å²) in [5.74, 6) is 0. The molecule has 1 rings (SSSR count). The average Bonchev–Trinajstić information content (AvgIpc) is 2.05. The lowest BCUT2D eigenvalue weighted by atomic mass is 9.99. The lowest BCUT2D eigenvalue weighted by molar-refractivity contribution is -0.0445. The van der Waals surface area contributed by atoms with Crippen LogP contribution in [0.5, 0.6) is 0 Å². The van der Waals surface area contributed by atoms with E-state index in [0.717, 1.165) is 6.92 Å². The summed E-state index contributed by atoms with van der Waals surface area (Å²) >= 11 is 0. The second-order valence-electron chi connectivity index (χ2n) is 3.51.